The average molecular weight is 272 g/mol. The molecule has 0 spiro atoms. The van der Waals surface area contributed by atoms with E-state index in [1.54, 1.807) is 7.11 Å². The Labute approximate surface area is 111 Å². The van der Waals surface area contributed by atoms with Crippen molar-refractivity contribution in [2.45, 2.75) is 19.3 Å². The van der Waals surface area contributed by atoms with Gasteiger partial charge >= 0.3 is 0 Å². The lowest BCUT2D eigenvalue weighted by Crippen LogP contribution is -2.42. The molecule has 108 valence electrons. The predicted octanol–water partition coefficient (Wildman–Crippen LogP) is -1.22. The molecular formula is C11H20N4O4. The number of rotatable bonds is 8. The second-order valence-corrected chi connectivity index (χ2v) is 4.42. The van der Waals surface area contributed by atoms with Crippen molar-refractivity contribution < 1.29 is 19.5 Å². The standard InChI is InChI=1S/C11H20N4O4/c1-19-7-6-13-8(16)2-5-14-10(17)11(3-4-11)9(12)15-18/h18H,2-7H2,1H3,(H2,12,15)(H,13,16)(H,14,17). The maximum Gasteiger partial charge on any atom is 0.233 e. The number of amides is 2. The average Bonchev–Trinajstić information content (AvgIpc) is 3.19. The van der Waals surface area contributed by atoms with Gasteiger partial charge in [0.15, 0.2) is 5.84 Å². The zero-order valence-corrected chi connectivity index (χ0v) is 10.9. The third kappa shape index (κ3) is 4.09. The fourth-order valence-electron chi connectivity index (χ4n) is 1.66. The van der Waals surface area contributed by atoms with Crippen molar-refractivity contribution in [1.82, 2.24) is 10.6 Å². The SMILES string of the molecule is COCCNC(=O)CCNC(=O)C1(C(N)=NO)CC1. The van der Waals surface area contributed by atoms with Gasteiger partial charge in [-0.1, -0.05) is 5.16 Å². The summed E-state index contributed by atoms with van der Waals surface area (Å²) >= 11 is 0. The first kappa shape index (κ1) is 15.2. The number of amidine groups is 1. The van der Waals surface area contributed by atoms with Crippen LogP contribution in [-0.4, -0.2) is 49.7 Å². The summed E-state index contributed by atoms with van der Waals surface area (Å²) in [7, 11) is 1.55. The summed E-state index contributed by atoms with van der Waals surface area (Å²) in [6, 6.07) is 0. The third-order valence-electron chi connectivity index (χ3n) is 3.05. The first-order valence-corrected chi connectivity index (χ1v) is 6.09. The molecule has 0 atom stereocenters. The highest BCUT2D eigenvalue weighted by molar-refractivity contribution is 6.09. The Kier molecular flexibility index (Phi) is 5.56. The fourth-order valence-corrected chi connectivity index (χ4v) is 1.66. The molecule has 5 N–H and O–H groups in total. The fraction of sp³-hybridized carbons (Fsp3) is 0.727. The number of methoxy groups -OCH3 is 1. The van der Waals surface area contributed by atoms with Gasteiger partial charge in [0.05, 0.1) is 6.61 Å². The zero-order valence-electron chi connectivity index (χ0n) is 10.9. The van der Waals surface area contributed by atoms with Crippen molar-refractivity contribution in [1.29, 1.82) is 0 Å². The van der Waals surface area contributed by atoms with Crippen LogP contribution in [0.1, 0.15) is 19.3 Å². The number of hydrogen-bond donors (Lipinski definition) is 4. The number of ether oxygens (including phenoxy) is 1. The van der Waals surface area contributed by atoms with E-state index in [-0.39, 0.29) is 30.6 Å². The number of nitrogens with two attached hydrogens (primary N) is 1. The molecule has 0 heterocycles. The van der Waals surface area contributed by atoms with E-state index in [1.165, 1.54) is 0 Å². The van der Waals surface area contributed by atoms with Gasteiger partial charge in [0.1, 0.15) is 5.41 Å². The van der Waals surface area contributed by atoms with Crippen molar-refractivity contribution in [3.8, 4) is 0 Å². The largest absolute Gasteiger partial charge is 0.409 e. The first-order valence-electron chi connectivity index (χ1n) is 6.09. The van der Waals surface area contributed by atoms with Crippen molar-refractivity contribution in [2.24, 2.45) is 16.3 Å². The molecule has 0 aromatic carbocycles. The number of carbonyl (C=O) groups is 2. The highest BCUT2D eigenvalue weighted by Gasteiger charge is 2.54. The zero-order chi connectivity index (χ0) is 14.3. The molecule has 1 fully saturated rings. The molecule has 0 aliphatic heterocycles. The van der Waals surface area contributed by atoms with Gasteiger partial charge in [-0.2, -0.15) is 0 Å². The maximum atomic E-state index is 11.8. The van der Waals surface area contributed by atoms with Gasteiger partial charge in [-0.05, 0) is 12.8 Å². The summed E-state index contributed by atoms with van der Waals surface area (Å²) in [5.74, 6) is -0.534. The Hall–Kier alpha value is -1.83. The van der Waals surface area contributed by atoms with Crippen LogP contribution in [0, 0.1) is 5.41 Å². The molecule has 8 heteroatoms. The Morgan fingerprint density at radius 2 is 2.05 bits per heavy atom. The topological polar surface area (TPSA) is 126 Å². The van der Waals surface area contributed by atoms with E-state index in [2.05, 4.69) is 15.8 Å². The van der Waals surface area contributed by atoms with Crippen LogP contribution in [0.3, 0.4) is 0 Å². The lowest BCUT2D eigenvalue weighted by molar-refractivity contribution is -0.124. The number of nitrogens with one attached hydrogen (secondary N) is 2. The molecule has 0 bridgehead atoms. The lowest BCUT2D eigenvalue weighted by Gasteiger charge is -2.13. The van der Waals surface area contributed by atoms with Gasteiger partial charge in [0.2, 0.25) is 11.8 Å². The van der Waals surface area contributed by atoms with E-state index in [9.17, 15) is 9.59 Å². The molecule has 1 aliphatic rings. The minimum atomic E-state index is -0.874. The van der Waals surface area contributed by atoms with Crippen LogP contribution >= 0.6 is 0 Å². The number of hydrogen-bond acceptors (Lipinski definition) is 5. The Morgan fingerprint density at radius 3 is 2.58 bits per heavy atom. The van der Waals surface area contributed by atoms with Crippen molar-refractivity contribution in [2.75, 3.05) is 26.8 Å². The molecule has 19 heavy (non-hydrogen) atoms. The van der Waals surface area contributed by atoms with E-state index in [0.717, 1.165) is 0 Å². The van der Waals surface area contributed by atoms with Crippen LogP contribution in [0.25, 0.3) is 0 Å². The smallest absolute Gasteiger partial charge is 0.233 e. The van der Waals surface area contributed by atoms with Crippen LogP contribution < -0.4 is 16.4 Å². The highest BCUT2D eigenvalue weighted by Crippen LogP contribution is 2.45. The molecule has 2 amide bonds. The monoisotopic (exact) mass is 272 g/mol. The molecule has 8 nitrogen and oxygen atoms in total. The van der Waals surface area contributed by atoms with Gasteiger partial charge in [-0.3, -0.25) is 9.59 Å². The lowest BCUT2D eigenvalue weighted by atomic mass is 10.1. The molecule has 1 saturated carbocycles. The Morgan fingerprint density at radius 1 is 1.37 bits per heavy atom. The van der Waals surface area contributed by atoms with E-state index in [1.807, 2.05) is 0 Å². The van der Waals surface area contributed by atoms with Crippen molar-refractivity contribution >= 4 is 17.6 Å². The summed E-state index contributed by atoms with van der Waals surface area (Å²) in [5.41, 5.74) is 4.60. The minimum absolute atomic E-state index is 0.0745. The first-order chi connectivity index (χ1) is 9.06. The molecule has 0 aromatic rings. The summed E-state index contributed by atoms with van der Waals surface area (Å²) in [5, 5.41) is 16.7. The molecule has 0 radical (unpaired) electrons. The van der Waals surface area contributed by atoms with Crippen LogP contribution in [-0.2, 0) is 14.3 Å². The van der Waals surface area contributed by atoms with Gasteiger partial charge in [0.25, 0.3) is 0 Å². The highest BCUT2D eigenvalue weighted by atomic mass is 16.5. The van der Waals surface area contributed by atoms with Crippen molar-refractivity contribution in [3.05, 3.63) is 0 Å². The predicted molar refractivity (Wildman–Crippen MR) is 67.6 cm³/mol. The van der Waals surface area contributed by atoms with Gasteiger partial charge in [0, 0.05) is 26.6 Å². The minimum Gasteiger partial charge on any atom is -0.409 e. The third-order valence-corrected chi connectivity index (χ3v) is 3.05. The van der Waals surface area contributed by atoms with E-state index < -0.39 is 5.41 Å². The molecule has 0 unspecified atom stereocenters. The van der Waals surface area contributed by atoms with Crippen LogP contribution in [0.4, 0.5) is 0 Å². The summed E-state index contributed by atoms with van der Waals surface area (Å²) < 4.78 is 4.79. The quantitative estimate of drug-likeness (QED) is 0.145. The van der Waals surface area contributed by atoms with E-state index in [4.69, 9.17) is 15.7 Å². The Bertz CT molecular complexity index is 366. The van der Waals surface area contributed by atoms with Gasteiger partial charge < -0.3 is 26.3 Å². The number of nitrogens with zero attached hydrogens (tertiary/aromatic N) is 1. The number of oxime groups is 1. The summed E-state index contributed by atoms with van der Waals surface area (Å²) in [6.45, 7) is 1.11. The number of carbonyl (C=O) groups excluding carboxylic acids is 2. The normalized spacial score (nSPS) is 16.8. The molecule has 0 saturated heterocycles. The maximum absolute atomic E-state index is 11.8. The van der Waals surface area contributed by atoms with Gasteiger partial charge in [-0.25, -0.2) is 0 Å². The Balaban J connectivity index is 2.23. The van der Waals surface area contributed by atoms with Gasteiger partial charge in [-0.15, -0.1) is 0 Å². The van der Waals surface area contributed by atoms with Crippen LogP contribution in [0.5, 0.6) is 0 Å². The van der Waals surface area contributed by atoms with E-state index >= 15 is 0 Å². The molecule has 1 rings (SSSR count). The molecule has 0 aromatic heterocycles. The van der Waals surface area contributed by atoms with Crippen LogP contribution in [0.15, 0.2) is 5.16 Å². The summed E-state index contributed by atoms with van der Waals surface area (Å²) in [4.78, 5) is 23.2. The second-order valence-electron chi connectivity index (χ2n) is 4.42. The van der Waals surface area contributed by atoms with E-state index in [0.29, 0.717) is 26.0 Å². The molecule has 1 aliphatic carbocycles. The van der Waals surface area contributed by atoms with Crippen molar-refractivity contribution in [3.63, 3.8) is 0 Å². The second kappa shape index (κ2) is 6.93. The molecular weight excluding hydrogens is 252 g/mol. The van der Waals surface area contributed by atoms with Crippen LogP contribution in [0.2, 0.25) is 0 Å². The summed E-state index contributed by atoms with van der Waals surface area (Å²) in [6.07, 6.45) is 1.31.